The molecule has 0 saturated carbocycles. The van der Waals surface area contributed by atoms with Crippen molar-refractivity contribution in [1.29, 1.82) is 0 Å². The van der Waals surface area contributed by atoms with Crippen molar-refractivity contribution >= 4 is 50.6 Å². The second-order valence-corrected chi connectivity index (χ2v) is 7.52. The van der Waals surface area contributed by atoms with Crippen LogP contribution in [0.4, 0.5) is 11.5 Å². The standard InChI is InChI=1S/C17H18BrCl2N3O/c1-3-12(4-2)23-9-14(18)21-16(17(23)24)22-6-5-10-7-11(19)8-13(20)15(10)22/h7-9,12H,3-6H2,1-2H3. The lowest BCUT2D eigenvalue weighted by Gasteiger charge is -2.23. The molecule has 128 valence electrons. The minimum Gasteiger partial charge on any atom is -0.320 e. The van der Waals surface area contributed by atoms with Gasteiger partial charge in [-0.2, -0.15) is 0 Å². The van der Waals surface area contributed by atoms with Crippen molar-refractivity contribution in [2.45, 2.75) is 39.2 Å². The van der Waals surface area contributed by atoms with Crippen LogP contribution in [0, 0.1) is 0 Å². The monoisotopic (exact) mass is 429 g/mol. The highest BCUT2D eigenvalue weighted by Crippen LogP contribution is 2.40. The van der Waals surface area contributed by atoms with Gasteiger partial charge in [-0.05, 0) is 52.9 Å². The van der Waals surface area contributed by atoms with Gasteiger partial charge in [0.15, 0.2) is 0 Å². The third-order valence-electron chi connectivity index (χ3n) is 4.46. The second kappa shape index (κ2) is 7.06. The Morgan fingerprint density at radius 1 is 1.29 bits per heavy atom. The van der Waals surface area contributed by atoms with Crippen molar-refractivity contribution in [3.8, 4) is 0 Å². The molecule has 24 heavy (non-hydrogen) atoms. The zero-order valence-electron chi connectivity index (χ0n) is 13.5. The SMILES string of the molecule is CCC(CC)n1cc(Br)nc(N2CCc3cc(Cl)cc(Cl)c32)c1=O. The first-order valence-corrected chi connectivity index (χ1v) is 9.55. The van der Waals surface area contributed by atoms with E-state index in [9.17, 15) is 4.79 Å². The first-order chi connectivity index (χ1) is 11.5. The summed E-state index contributed by atoms with van der Waals surface area (Å²) in [5.74, 6) is 0.402. The highest BCUT2D eigenvalue weighted by atomic mass is 79.9. The Morgan fingerprint density at radius 3 is 2.67 bits per heavy atom. The number of nitrogens with zero attached hydrogens (tertiary/aromatic N) is 3. The number of halogens is 3. The number of anilines is 2. The van der Waals surface area contributed by atoms with Gasteiger partial charge in [-0.1, -0.05) is 37.0 Å². The number of aromatic nitrogens is 2. The smallest absolute Gasteiger partial charge is 0.294 e. The molecule has 0 amide bonds. The molecule has 0 atom stereocenters. The average molecular weight is 431 g/mol. The quantitative estimate of drug-likeness (QED) is 0.654. The van der Waals surface area contributed by atoms with Gasteiger partial charge >= 0.3 is 0 Å². The van der Waals surface area contributed by atoms with Gasteiger partial charge in [0.05, 0.1) is 10.7 Å². The van der Waals surface area contributed by atoms with E-state index in [0.717, 1.165) is 30.5 Å². The fourth-order valence-electron chi connectivity index (χ4n) is 3.26. The Morgan fingerprint density at radius 2 is 2.00 bits per heavy atom. The summed E-state index contributed by atoms with van der Waals surface area (Å²) in [6, 6.07) is 3.76. The van der Waals surface area contributed by atoms with E-state index in [0.29, 0.717) is 27.0 Å². The van der Waals surface area contributed by atoms with Crippen LogP contribution in [0.1, 0.15) is 38.3 Å². The van der Waals surface area contributed by atoms with Gasteiger partial charge in [-0.3, -0.25) is 4.79 Å². The lowest BCUT2D eigenvalue weighted by molar-refractivity contribution is 0.455. The molecule has 0 fully saturated rings. The van der Waals surface area contributed by atoms with E-state index < -0.39 is 0 Å². The van der Waals surface area contributed by atoms with Gasteiger partial charge in [0.25, 0.3) is 5.56 Å². The molecule has 0 unspecified atom stereocenters. The Hall–Kier alpha value is -1.04. The van der Waals surface area contributed by atoms with Gasteiger partial charge in [-0.25, -0.2) is 4.98 Å². The summed E-state index contributed by atoms with van der Waals surface area (Å²) >= 11 is 15.9. The normalized spacial score (nSPS) is 13.7. The Labute approximate surface area is 159 Å². The van der Waals surface area contributed by atoms with E-state index in [-0.39, 0.29) is 11.6 Å². The molecule has 0 saturated heterocycles. The molecule has 1 aliphatic rings. The van der Waals surface area contributed by atoms with E-state index in [1.165, 1.54) is 0 Å². The Bertz CT molecular complexity index is 833. The van der Waals surface area contributed by atoms with E-state index in [1.54, 1.807) is 16.8 Å². The summed E-state index contributed by atoms with van der Waals surface area (Å²) in [5.41, 5.74) is 1.79. The molecular formula is C17H18BrCl2N3O. The van der Waals surface area contributed by atoms with Crippen molar-refractivity contribution in [2.75, 3.05) is 11.4 Å². The van der Waals surface area contributed by atoms with Crippen molar-refractivity contribution < 1.29 is 0 Å². The van der Waals surface area contributed by atoms with Crippen molar-refractivity contribution in [3.05, 3.63) is 48.9 Å². The van der Waals surface area contributed by atoms with Crippen LogP contribution in [0.25, 0.3) is 0 Å². The summed E-state index contributed by atoms with van der Waals surface area (Å²) in [7, 11) is 0. The van der Waals surface area contributed by atoms with Crippen molar-refractivity contribution in [1.82, 2.24) is 9.55 Å². The molecule has 3 rings (SSSR count). The van der Waals surface area contributed by atoms with Crippen molar-refractivity contribution in [2.24, 2.45) is 0 Å². The lowest BCUT2D eigenvalue weighted by Crippen LogP contribution is -2.31. The molecule has 1 aromatic heterocycles. The molecule has 0 aliphatic carbocycles. The van der Waals surface area contributed by atoms with E-state index in [1.807, 2.05) is 11.0 Å². The van der Waals surface area contributed by atoms with Gasteiger partial charge in [0.2, 0.25) is 5.82 Å². The van der Waals surface area contributed by atoms with E-state index in [2.05, 4.69) is 34.8 Å². The first-order valence-electron chi connectivity index (χ1n) is 8.00. The number of rotatable bonds is 4. The predicted molar refractivity (Wildman–Crippen MR) is 103 cm³/mol. The summed E-state index contributed by atoms with van der Waals surface area (Å²) < 4.78 is 2.41. The second-order valence-electron chi connectivity index (χ2n) is 5.87. The summed E-state index contributed by atoms with van der Waals surface area (Å²) in [6.07, 6.45) is 4.33. The molecule has 2 aromatic rings. The molecule has 7 heteroatoms. The van der Waals surface area contributed by atoms with Gasteiger partial charge < -0.3 is 9.47 Å². The topological polar surface area (TPSA) is 38.1 Å². The maximum absolute atomic E-state index is 13.0. The van der Waals surface area contributed by atoms with Crippen LogP contribution in [0.15, 0.2) is 27.7 Å². The highest BCUT2D eigenvalue weighted by Gasteiger charge is 2.28. The molecule has 0 radical (unpaired) electrons. The summed E-state index contributed by atoms with van der Waals surface area (Å²) in [4.78, 5) is 19.4. The van der Waals surface area contributed by atoms with Gasteiger partial charge in [0.1, 0.15) is 4.60 Å². The largest absolute Gasteiger partial charge is 0.320 e. The van der Waals surface area contributed by atoms with E-state index in [4.69, 9.17) is 23.2 Å². The first kappa shape index (κ1) is 17.8. The Balaban J connectivity index is 2.15. The van der Waals surface area contributed by atoms with Crippen LogP contribution in [0.2, 0.25) is 10.0 Å². The number of benzene rings is 1. The maximum atomic E-state index is 13.0. The predicted octanol–water partition coefficient (Wildman–Crippen LogP) is 5.37. The molecule has 1 aromatic carbocycles. The minimum absolute atomic E-state index is 0.0919. The maximum Gasteiger partial charge on any atom is 0.294 e. The van der Waals surface area contributed by atoms with Crippen LogP contribution in [-0.2, 0) is 6.42 Å². The third kappa shape index (κ3) is 3.09. The number of hydrogen-bond donors (Lipinski definition) is 0. The van der Waals surface area contributed by atoms with Gasteiger partial charge in [-0.15, -0.1) is 0 Å². The van der Waals surface area contributed by atoms with E-state index >= 15 is 0 Å². The fourth-order valence-corrected chi connectivity index (χ4v) is 4.29. The average Bonchev–Trinajstić information content (AvgIpc) is 2.95. The molecule has 4 nitrogen and oxygen atoms in total. The van der Waals surface area contributed by atoms with Crippen LogP contribution < -0.4 is 10.5 Å². The number of fused-ring (bicyclic) bond motifs is 1. The molecule has 2 heterocycles. The highest BCUT2D eigenvalue weighted by molar-refractivity contribution is 9.10. The van der Waals surface area contributed by atoms with Crippen LogP contribution >= 0.6 is 39.1 Å². The van der Waals surface area contributed by atoms with Crippen LogP contribution in [0.5, 0.6) is 0 Å². The van der Waals surface area contributed by atoms with Crippen LogP contribution in [0.3, 0.4) is 0 Å². The molecule has 0 spiro atoms. The minimum atomic E-state index is -0.0919. The van der Waals surface area contributed by atoms with Crippen LogP contribution in [-0.4, -0.2) is 16.1 Å². The zero-order valence-corrected chi connectivity index (χ0v) is 16.6. The third-order valence-corrected chi connectivity index (χ3v) is 5.35. The molecule has 0 N–H and O–H groups in total. The zero-order chi connectivity index (χ0) is 17.4. The lowest BCUT2D eigenvalue weighted by atomic mass is 10.1. The molecule has 0 bridgehead atoms. The summed E-state index contributed by atoms with van der Waals surface area (Å²) in [5, 5.41) is 1.16. The molecular weight excluding hydrogens is 413 g/mol. The summed E-state index contributed by atoms with van der Waals surface area (Å²) in [6.45, 7) is 4.83. The molecule has 1 aliphatic heterocycles. The van der Waals surface area contributed by atoms with Gasteiger partial charge in [0, 0.05) is 23.8 Å². The number of hydrogen-bond acceptors (Lipinski definition) is 3. The Kier molecular flexibility index (Phi) is 5.23. The fraction of sp³-hybridized carbons (Fsp3) is 0.412. The van der Waals surface area contributed by atoms with Crippen molar-refractivity contribution in [3.63, 3.8) is 0 Å².